The van der Waals surface area contributed by atoms with E-state index in [4.69, 9.17) is 9.47 Å². The number of fused-ring (bicyclic) bond motifs is 1. The summed E-state index contributed by atoms with van der Waals surface area (Å²) in [6.45, 7) is 4.43. The van der Waals surface area contributed by atoms with E-state index < -0.39 is 0 Å². The standard InChI is InChI=1S/C21H24N2O3/c1-15-4-2-3-11-23(15)18-8-6-17(7-9-18)22-21(24)16-5-10-19-20(14-16)26-13-12-25-19/h5-10,14-15H,2-4,11-13H2,1H3,(H,22,24)/t15-/m1/s1. The average Bonchev–Trinajstić information content (AvgIpc) is 2.69. The average molecular weight is 352 g/mol. The van der Waals surface area contributed by atoms with E-state index in [1.807, 2.05) is 12.1 Å². The van der Waals surface area contributed by atoms with E-state index in [-0.39, 0.29) is 5.91 Å². The Labute approximate surface area is 153 Å². The molecule has 0 aliphatic carbocycles. The predicted molar refractivity (Wildman–Crippen MR) is 102 cm³/mol. The molecule has 5 heteroatoms. The number of ether oxygens (including phenoxy) is 2. The third kappa shape index (κ3) is 3.47. The molecule has 1 N–H and O–H groups in total. The highest BCUT2D eigenvalue weighted by Crippen LogP contribution is 2.31. The molecule has 2 heterocycles. The Bertz CT molecular complexity index is 788. The van der Waals surface area contributed by atoms with Gasteiger partial charge in [0.2, 0.25) is 0 Å². The summed E-state index contributed by atoms with van der Waals surface area (Å²) in [7, 11) is 0. The van der Waals surface area contributed by atoms with Crippen molar-refractivity contribution in [3.8, 4) is 11.5 Å². The van der Waals surface area contributed by atoms with Crippen LogP contribution >= 0.6 is 0 Å². The molecule has 26 heavy (non-hydrogen) atoms. The van der Waals surface area contributed by atoms with Crippen molar-refractivity contribution in [2.75, 3.05) is 30.0 Å². The number of rotatable bonds is 3. The van der Waals surface area contributed by atoms with Crippen LogP contribution < -0.4 is 19.7 Å². The highest BCUT2D eigenvalue weighted by atomic mass is 16.6. The molecule has 0 aromatic heterocycles. The molecule has 1 fully saturated rings. The number of nitrogens with one attached hydrogen (secondary N) is 1. The summed E-state index contributed by atoms with van der Waals surface area (Å²) >= 11 is 0. The Hall–Kier alpha value is -2.69. The molecule has 0 unspecified atom stereocenters. The maximum atomic E-state index is 12.5. The molecular weight excluding hydrogens is 328 g/mol. The number of hydrogen-bond donors (Lipinski definition) is 1. The lowest BCUT2D eigenvalue weighted by Gasteiger charge is -2.35. The van der Waals surface area contributed by atoms with E-state index in [1.165, 1.54) is 24.9 Å². The lowest BCUT2D eigenvalue weighted by molar-refractivity contribution is 0.102. The zero-order chi connectivity index (χ0) is 17.9. The maximum absolute atomic E-state index is 12.5. The van der Waals surface area contributed by atoms with Crippen molar-refractivity contribution in [3.05, 3.63) is 48.0 Å². The highest BCUT2D eigenvalue weighted by molar-refractivity contribution is 6.04. The second kappa shape index (κ2) is 7.28. The molecule has 1 amide bonds. The van der Waals surface area contributed by atoms with Crippen LogP contribution in [0.2, 0.25) is 0 Å². The minimum Gasteiger partial charge on any atom is -0.486 e. The van der Waals surface area contributed by atoms with Crippen LogP contribution in [-0.2, 0) is 0 Å². The van der Waals surface area contributed by atoms with Crippen molar-refractivity contribution in [2.24, 2.45) is 0 Å². The van der Waals surface area contributed by atoms with Gasteiger partial charge >= 0.3 is 0 Å². The molecule has 4 rings (SSSR count). The number of nitrogens with zero attached hydrogens (tertiary/aromatic N) is 1. The van der Waals surface area contributed by atoms with Crippen molar-refractivity contribution in [2.45, 2.75) is 32.2 Å². The van der Waals surface area contributed by atoms with Crippen LogP contribution in [0.25, 0.3) is 0 Å². The van der Waals surface area contributed by atoms with Crippen molar-refractivity contribution in [1.82, 2.24) is 0 Å². The highest BCUT2D eigenvalue weighted by Gasteiger charge is 2.19. The Balaban J connectivity index is 1.44. The van der Waals surface area contributed by atoms with Crippen LogP contribution in [-0.4, -0.2) is 31.7 Å². The molecule has 136 valence electrons. The normalized spacial score (nSPS) is 19.1. The SMILES string of the molecule is C[C@@H]1CCCCN1c1ccc(NC(=O)c2ccc3c(c2)OCCO3)cc1. The summed E-state index contributed by atoms with van der Waals surface area (Å²) in [5.41, 5.74) is 2.57. The molecule has 1 saturated heterocycles. The first-order valence-electron chi connectivity index (χ1n) is 9.28. The van der Waals surface area contributed by atoms with Gasteiger partial charge in [0.1, 0.15) is 13.2 Å². The van der Waals surface area contributed by atoms with Gasteiger partial charge in [-0.3, -0.25) is 4.79 Å². The summed E-state index contributed by atoms with van der Waals surface area (Å²) in [5.74, 6) is 1.16. The third-order valence-corrected chi connectivity index (χ3v) is 5.06. The van der Waals surface area contributed by atoms with Crippen molar-refractivity contribution >= 4 is 17.3 Å². The van der Waals surface area contributed by atoms with Gasteiger partial charge in [-0.15, -0.1) is 0 Å². The van der Waals surface area contributed by atoms with Crippen LogP contribution in [0.4, 0.5) is 11.4 Å². The van der Waals surface area contributed by atoms with Crippen LogP contribution in [0.15, 0.2) is 42.5 Å². The van der Waals surface area contributed by atoms with Gasteiger partial charge in [0, 0.05) is 29.5 Å². The lowest BCUT2D eigenvalue weighted by atomic mass is 10.0. The van der Waals surface area contributed by atoms with E-state index in [9.17, 15) is 4.79 Å². The van der Waals surface area contributed by atoms with E-state index in [0.29, 0.717) is 36.3 Å². The Kier molecular flexibility index (Phi) is 4.69. The fraction of sp³-hybridized carbons (Fsp3) is 0.381. The molecular formula is C21H24N2O3. The number of carbonyl (C=O) groups is 1. The molecule has 1 atom stereocenters. The van der Waals surface area contributed by atoms with Crippen LogP contribution in [0, 0.1) is 0 Å². The first-order valence-corrected chi connectivity index (χ1v) is 9.28. The number of piperidine rings is 1. The number of hydrogen-bond acceptors (Lipinski definition) is 4. The van der Waals surface area contributed by atoms with Gasteiger partial charge in [-0.2, -0.15) is 0 Å². The van der Waals surface area contributed by atoms with E-state index in [0.717, 1.165) is 12.2 Å². The predicted octanol–water partition coefficient (Wildman–Crippen LogP) is 4.09. The fourth-order valence-corrected chi connectivity index (χ4v) is 3.61. The smallest absolute Gasteiger partial charge is 0.255 e. The van der Waals surface area contributed by atoms with Gasteiger partial charge in [-0.1, -0.05) is 0 Å². The van der Waals surface area contributed by atoms with Crippen LogP contribution in [0.3, 0.4) is 0 Å². The molecule has 0 saturated carbocycles. The number of carbonyl (C=O) groups excluding carboxylic acids is 1. The van der Waals surface area contributed by atoms with Gasteiger partial charge in [0.25, 0.3) is 5.91 Å². The molecule has 2 aliphatic heterocycles. The third-order valence-electron chi connectivity index (χ3n) is 5.06. The zero-order valence-corrected chi connectivity index (χ0v) is 15.0. The molecule has 0 spiro atoms. The summed E-state index contributed by atoms with van der Waals surface area (Å²) in [4.78, 5) is 15.0. The van der Waals surface area contributed by atoms with Crippen molar-refractivity contribution in [1.29, 1.82) is 0 Å². The molecule has 0 bridgehead atoms. The molecule has 2 aromatic rings. The van der Waals surface area contributed by atoms with Crippen molar-refractivity contribution < 1.29 is 14.3 Å². The van der Waals surface area contributed by atoms with Crippen molar-refractivity contribution in [3.63, 3.8) is 0 Å². The summed E-state index contributed by atoms with van der Waals surface area (Å²) in [6, 6.07) is 13.9. The Morgan fingerprint density at radius 1 is 1.04 bits per heavy atom. The first-order chi connectivity index (χ1) is 12.7. The quantitative estimate of drug-likeness (QED) is 0.904. The topological polar surface area (TPSA) is 50.8 Å². The number of anilines is 2. The first kappa shape index (κ1) is 16.8. The largest absolute Gasteiger partial charge is 0.486 e. The Morgan fingerprint density at radius 3 is 2.58 bits per heavy atom. The minimum absolute atomic E-state index is 0.152. The molecule has 5 nitrogen and oxygen atoms in total. The molecule has 0 radical (unpaired) electrons. The van der Waals surface area contributed by atoms with E-state index >= 15 is 0 Å². The van der Waals surface area contributed by atoms with Gasteiger partial charge < -0.3 is 19.7 Å². The van der Waals surface area contributed by atoms with Crippen LogP contribution in [0.5, 0.6) is 11.5 Å². The van der Waals surface area contributed by atoms with Gasteiger partial charge in [0.15, 0.2) is 11.5 Å². The monoisotopic (exact) mass is 352 g/mol. The maximum Gasteiger partial charge on any atom is 0.255 e. The summed E-state index contributed by atoms with van der Waals surface area (Å²) < 4.78 is 11.0. The van der Waals surface area contributed by atoms with Crippen LogP contribution in [0.1, 0.15) is 36.5 Å². The Morgan fingerprint density at radius 2 is 1.81 bits per heavy atom. The second-order valence-corrected chi connectivity index (χ2v) is 6.90. The van der Waals surface area contributed by atoms with Gasteiger partial charge in [-0.25, -0.2) is 0 Å². The minimum atomic E-state index is -0.152. The summed E-state index contributed by atoms with van der Waals surface area (Å²) in [5, 5.41) is 2.95. The van der Waals surface area contributed by atoms with E-state index in [1.54, 1.807) is 18.2 Å². The fourth-order valence-electron chi connectivity index (χ4n) is 3.61. The van der Waals surface area contributed by atoms with E-state index in [2.05, 4.69) is 29.3 Å². The summed E-state index contributed by atoms with van der Waals surface area (Å²) in [6.07, 6.45) is 3.79. The second-order valence-electron chi connectivity index (χ2n) is 6.90. The lowest BCUT2D eigenvalue weighted by Crippen LogP contribution is -2.37. The van der Waals surface area contributed by atoms with Gasteiger partial charge in [-0.05, 0) is 68.7 Å². The number of benzene rings is 2. The number of amides is 1. The molecule has 2 aliphatic rings. The zero-order valence-electron chi connectivity index (χ0n) is 15.0. The molecule has 2 aromatic carbocycles. The van der Waals surface area contributed by atoms with Gasteiger partial charge in [0.05, 0.1) is 0 Å².